The van der Waals surface area contributed by atoms with Crippen LogP contribution in [0.4, 0.5) is 18.9 Å². The second-order valence-electron chi connectivity index (χ2n) is 3.86. The molecule has 0 aliphatic carbocycles. The van der Waals surface area contributed by atoms with Gasteiger partial charge in [-0.2, -0.15) is 13.2 Å². The number of nitrogens with zero attached hydrogens (tertiary/aromatic N) is 1. The number of aromatic nitrogens is 1. The molecule has 96 valence electrons. The minimum absolute atomic E-state index is 0.0663. The van der Waals surface area contributed by atoms with Gasteiger partial charge in [-0.15, -0.1) is 11.3 Å². The zero-order valence-corrected chi connectivity index (χ0v) is 10.2. The summed E-state index contributed by atoms with van der Waals surface area (Å²) in [5, 5.41) is 2.26. The molecule has 0 fully saturated rings. The van der Waals surface area contributed by atoms with Crippen molar-refractivity contribution in [2.75, 3.05) is 5.73 Å². The molecule has 0 unspecified atom stereocenters. The summed E-state index contributed by atoms with van der Waals surface area (Å²) in [5.41, 5.74) is 7.76. The Morgan fingerprint density at radius 1 is 1.17 bits per heavy atom. The predicted molar refractivity (Wildman–Crippen MR) is 66.3 cm³/mol. The maximum atomic E-state index is 12.1. The van der Waals surface area contributed by atoms with E-state index in [9.17, 15) is 13.2 Å². The van der Waals surface area contributed by atoms with Crippen LogP contribution in [0.1, 0.15) is 11.4 Å². The molecule has 2 aromatic rings. The van der Waals surface area contributed by atoms with Crippen molar-refractivity contribution in [3.05, 3.63) is 34.7 Å². The van der Waals surface area contributed by atoms with E-state index in [1.165, 1.54) is 11.3 Å². The third-order valence-corrected chi connectivity index (χ3v) is 3.29. The van der Waals surface area contributed by atoms with Crippen LogP contribution in [0, 0.1) is 0 Å². The van der Waals surface area contributed by atoms with E-state index in [2.05, 4.69) is 4.98 Å². The molecular weight excluding hydrogens is 261 g/mol. The van der Waals surface area contributed by atoms with E-state index in [-0.39, 0.29) is 6.42 Å². The number of thiazole rings is 1. The Morgan fingerprint density at radius 2 is 1.83 bits per heavy atom. The van der Waals surface area contributed by atoms with E-state index in [1.807, 2.05) is 0 Å². The van der Waals surface area contributed by atoms with Crippen LogP contribution in [0.3, 0.4) is 0 Å². The van der Waals surface area contributed by atoms with Crippen LogP contribution in [0.2, 0.25) is 0 Å². The second kappa shape index (κ2) is 4.97. The molecule has 2 N–H and O–H groups in total. The van der Waals surface area contributed by atoms with Gasteiger partial charge in [0.15, 0.2) is 0 Å². The Labute approximate surface area is 106 Å². The number of nitrogen functional groups attached to an aromatic ring is 1. The van der Waals surface area contributed by atoms with E-state index < -0.39 is 12.6 Å². The van der Waals surface area contributed by atoms with Crippen molar-refractivity contribution in [1.82, 2.24) is 4.98 Å². The highest BCUT2D eigenvalue weighted by Gasteiger charge is 2.27. The van der Waals surface area contributed by atoms with Crippen molar-refractivity contribution in [3.63, 3.8) is 0 Å². The van der Waals surface area contributed by atoms with Crippen molar-refractivity contribution in [2.24, 2.45) is 0 Å². The number of halogens is 3. The normalized spacial score (nSPS) is 11.7. The summed E-state index contributed by atoms with van der Waals surface area (Å²) in [5.74, 6) is 0. The standard InChI is InChI=1S/C12H11F3N2S/c13-12(14,15)6-5-11-17-10(7-18-11)8-1-3-9(16)4-2-8/h1-4,7H,5-6,16H2. The van der Waals surface area contributed by atoms with Crippen LogP contribution < -0.4 is 5.73 Å². The Bertz CT molecular complexity index is 517. The number of nitrogens with two attached hydrogens (primary N) is 1. The Kier molecular flexibility index (Phi) is 3.56. The van der Waals surface area contributed by atoms with Gasteiger partial charge in [0, 0.05) is 29.5 Å². The lowest BCUT2D eigenvalue weighted by Gasteiger charge is -2.03. The Balaban J connectivity index is 2.08. The fourth-order valence-corrected chi connectivity index (χ4v) is 2.27. The average Bonchev–Trinajstić information content (AvgIpc) is 2.75. The first-order valence-electron chi connectivity index (χ1n) is 5.31. The lowest BCUT2D eigenvalue weighted by Crippen LogP contribution is -2.08. The van der Waals surface area contributed by atoms with Gasteiger partial charge in [-0.05, 0) is 12.1 Å². The molecule has 0 aliphatic heterocycles. The first-order valence-corrected chi connectivity index (χ1v) is 6.19. The number of anilines is 1. The molecule has 1 aromatic carbocycles. The number of benzene rings is 1. The summed E-state index contributed by atoms with van der Waals surface area (Å²) in [4.78, 5) is 4.19. The highest BCUT2D eigenvalue weighted by atomic mass is 32.1. The van der Waals surface area contributed by atoms with Gasteiger partial charge in [-0.1, -0.05) is 12.1 Å². The summed E-state index contributed by atoms with van der Waals surface area (Å²) < 4.78 is 36.2. The molecule has 0 radical (unpaired) electrons. The van der Waals surface area contributed by atoms with E-state index in [4.69, 9.17) is 5.73 Å². The van der Waals surface area contributed by atoms with Crippen molar-refractivity contribution >= 4 is 17.0 Å². The third kappa shape index (κ3) is 3.46. The zero-order valence-electron chi connectivity index (χ0n) is 9.37. The molecule has 0 saturated carbocycles. The van der Waals surface area contributed by atoms with Gasteiger partial charge in [0.05, 0.1) is 10.7 Å². The van der Waals surface area contributed by atoms with Crippen LogP contribution in [-0.4, -0.2) is 11.2 Å². The van der Waals surface area contributed by atoms with Crippen molar-refractivity contribution in [1.29, 1.82) is 0 Å². The number of hydrogen-bond donors (Lipinski definition) is 1. The molecule has 2 nitrogen and oxygen atoms in total. The molecule has 2 rings (SSSR count). The molecule has 1 aromatic heterocycles. The molecule has 6 heteroatoms. The van der Waals surface area contributed by atoms with Gasteiger partial charge in [-0.25, -0.2) is 4.98 Å². The van der Waals surface area contributed by atoms with E-state index in [0.29, 0.717) is 16.4 Å². The Morgan fingerprint density at radius 3 is 2.44 bits per heavy atom. The van der Waals surface area contributed by atoms with Crippen LogP contribution in [0.5, 0.6) is 0 Å². The van der Waals surface area contributed by atoms with Gasteiger partial charge < -0.3 is 5.73 Å². The molecule has 0 amide bonds. The average molecular weight is 272 g/mol. The summed E-state index contributed by atoms with van der Waals surface area (Å²) >= 11 is 1.25. The third-order valence-electron chi connectivity index (χ3n) is 2.38. The number of rotatable bonds is 3. The molecule has 0 atom stereocenters. The van der Waals surface area contributed by atoms with E-state index >= 15 is 0 Å². The molecule has 0 bridgehead atoms. The molecule has 0 aliphatic rings. The molecule has 0 spiro atoms. The lowest BCUT2D eigenvalue weighted by molar-refractivity contribution is -0.133. The van der Waals surface area contributed by atoms with E-state index in [0.717, 1.165) is 5.56 Å². The fourth-order valence-electron chi connectivity index (χ4n) is 1.46. The summed E-state index contributed by atoms with van der Waals surface area (Å²) in [6.07, 6.45) is -5.03. The first kappa shape index (κ1) is 12.9. The Hall–Kier alpha value is -1.56. The van der Waals surface area contributed by atoms with Crippen molar-refractivity contribution < 1.29 is 13.2 Å². The van der Waals surface area contributed by atoms with Gasteiger partial charge in [0.1, 0.15) is 0 Å². The smallest absolute Gasteiger partial charge is 0.389 e. The minimum Gasteiger partial charge on any atom is -0.399 e. The largest absolute Gasteiger partial charge is 0.399 e. The van der Waals surface area contributed by atoms with Crippen LogP contribution >= 0.6 is 11.3 Å². The summed E-state index contributed by atoms with van der Waals surface area (Å²) in [6, 6.07) is 7.09. The number of alkyl halides is 3. The second-order valence-corrected chi connectivity index (χ2v) is 4.81. The van der Waals surface area contributed by atoms with Crippen molar-refractivity contribution in [3.8, 4) is 11.3 Å². The van der Waals surface area contributed by atoms with Gasteiger partial charge >= 0.3 is 6.18 Å². The zero-order chi connectivity index (χ0) is 13.2. The van der Waals surface area contributed by atoms with Gasteiger partial charge in [0.2, 0.25) is 0 Å². The van der Waals surface area contributed by atoms with Gasteiger partial charge in [-0.3, -0.25) is 0 Å². The molecule has 0 saturated heterocycles. The highest BCUT2D eigenvalue weighted by molar-refractivity contribution is 7.09. The number of hydrogen-bond acceptors (Lipinski definition) is 3. The fraction of sp³-hybridized carbons (Fsp3) is 0.250. The van der Waals surface area contributed by atoms with Crippen LogP contribution in [0.15, 0.2) is 29.6 Å². The molecule has 1 heterocycles. The summed E-state index contributed by atoms with van der Waals surface area (Å²) in [7, 11) is 0. The first-order chi connectivity index (χ1) is 8.44. The topological polar surface area (TPSA) is 38.9 Å². The van der Waals surface area contributed by atoms with Gasteiger partial charge in [0.25, 0.3) is 0 Å². The summed E-state index contributed by atoms with van der Waals surface area (Å²) in [6.45, 7) is 0. The predicted octanol–water partition coefficient (Wildman–Crippen LogP) is 3.89. The number of aryl methyl sites for hydroxylation is 1. The molecule has 18 heavy (non-hydrogen) atoms. The highest BCUT2D eigenvalue weighted by Crippen LogP contribution is 2.26. The lowest BCUT2D eigenvalue weighted by atomic mass is 10.1. The molecular formula is C12H11F3N2S. The maximum absolute atomic E-state index is 12.1. The van der Waals surface area contributed by atoms with Crippen LogP contribution in [-0.2, 0) is 6.42 Å². The monoisotopic (exact) mass is 272 g/mol. The van der Waals surface area contributed by atoms with E-state index in [1.54, 1.807) is 29.6 Å². The van der Waals surface area contributed by atoms with Crippen LogP contribution in [0.25, 0.3) is 11.3 Å². The maximum Gasteiger partial charge on any atom is 0.389 e. The quantitative estimate of drug-likeness (QED) is 0.861. The SMILES string of the molecule is Nc1ccc(-c2csc(CCC(F)(F)F)n2)cc1. The van der Waals surface area contributed by atoms with Crippen molar-refractivity contribution in [2.45, 2.75) is 19.0 Å². The minimum atomic E-state index is -4.13.